The molecule has 0 unspecified atom stereocenters. The Morgan fingerprint density at radius 1 is 1.16 bits per heavy atom. The molecule has 2 aromatic rings. The molecule has 10 heteroatoms. The van der Waals surface area contributed by atoms with Crippen LogP contribution in [0.5, 0.6) is 17.2 Å². The minimum Gasteiger partial charge on any atom is -0.500 e. The number of allylic oxidation sites excluding steroid dienone is 3. The molecular formula is C28H30N2O8. The van der Waals surface area contributed by atoms with Crippen molar-refractivity contribution in [3.63, 3.8) is 0 Å². The summed E-state index contributed by atoms with van der Waals surface area (Å²) in [5.41, 5.74) is 2.21. The number of benzene rings is 2. The molecule has 1 aliphatic carbocycles. The topological polar surface area (TPSA) is 137 Å². The second-order valence-electron chi connectivity index (χ2n) is 9.24. The number of hydrogen-bond donors (Lipinski definition) is 2. The first-order valence-corrected chi connectivity index (χ1v) is 12.3. The van der Waals surface area contributed by atoms with Crippen molar-refractivity contribution < 1.29 is 33.8 Å². The Hall–Kier alpha value is -4.34. The van der Waals surface area contributed by atoms with Gasteiger partial charge in [0, 0.05) is 41.3 Å². The predicted octanol–water partition coefficient (Wildman–Crippen LogP) is 4.63. The van der Waals surface area contributed by atoms with E-state index in [0.717, 1.165) is 5.56 Å². The molecule has 2 aliphatic rings. The third-order valence-corrected chi connectivity index (χ3v) is 6.89. The molecule has 1 aliphatic heterocycles. The highest BCUT2D eigenvalue weighted by molar-refractivity contribution is 6.04. The zero-order valence-electron chi connectivity index (χ0n) is 21.7. The fourth-order valence-electron chi connectivity index (χ4n) is 5.21. The van der Waals surface area contributed by atoms with Gasteiger partial charge >= 0.3 is 11.7 Å². The van der Waals surface area contributed by atoms with Gasteiger partial charge in [0.25, 0.3) is 0 Å². The number of Topliss-reactive ketones (excluding diaryl/α,β-unsaturated/α-hetero) is 1. The first-order chi connectivity index (χ1) is 18.2. The Bertz CT molecular complexity index is 1360. The smallest absolute Gasteiger partial charge is 0.336 e. The van der Waals surface area contributed by atoms with Crippen molar-refractivity contribution in [1.29, 1.82) is 0 Å². The standard InChI is InChI=1S/C28H30N2O8/c1-5-10-38-28(33)24-15(2)29-19-11-16(18-8-6-7-9-22(18)36-3)13-21(31)26(19)25(24)17-12-20(30(34)35)27(32)23(14-17)37-4/h6-9,12,14,16,25,29,32H,5,10-11,13H2,1-4H3/t16-,25-/m0/s1. The fourth-order valence-corrected chi connectivity index (χ4v) is 5.21. The largest absolute Gasteiger partial charge is 0.500 e. The lowest BCUT2D eigenvalue weighted by molar-refractivity contribution is -0.386. The van der Waals surface area contributed by atoms with Crippen LogP contribution in [-0.4, -0.2) is 42.6 Å². The lowest BCUT2D eigenvalue weighted by Gasteiger charge is -2.37. The van der Waals surface area contributed by atoms with Gasteiger partial charge < -0.3 is 24.6 Å². The van der Waals surface area contributed by atoms with Gasteiger partial charge in [0.2, 0.25) is 5.75 Å². The Labute approximate surface area is 220 Å². The molecule has 1 heterocycles. The molecule has 0 fully saturated rings. The van der Waals surface area contributed by atoms with Crippen LogP contribution in [0.4, 0.5) is 5.69 Å². The number of carbonyl (C=O) groups is 2. The number of nitro benzene ring substituents is 1. The van der Waals surface area contributed by atoms with E-state index in [1.807, 2.05) is 31.2 Å². The molecule has 0 spiro atoms. The van der Waals surface area contributed by atoms with Crippen LogP contribution >= 0.6 is 0 Å². The van der Waals surface area contributed by atoms with Gasteiger partial charge in [-0.15, -0.1) is 0 Å². The van der Waals surface area contributed by atoms with E-state index in [-0.39, 0.29) is 41.6 Å². The molecule has 2 atom stereocenters. The van der Waals surface area contributed by atoms with E-state index in [9.17, 15) is 24.8 Å². The van der Waals surface area contributed by atoms with Crippen LogP contribution in [0, 0.1) is 10.1 Å². The van der Waals surface area contributed by atoms with E-state index in [4.69, 9.17) is 14.2 Å². The van der Waals surface area contributed by atoms with Crippen LogP contribution in [0.3, 0.4) is 0 Å². The van der Waals surface area contributed by atoms with Gasteiger partial charge in [-0.2, -0.15) is 0 Å². The molecule has 0 bridgehead atoms. The highest BCUT2D eigenvalue weighted by Gasteiger charge is 2.42. The maximum absolute atomic E-state index is 13.8. The number of ether oxygens (including phenoxy) is 3. The molecule has 38 heavy (non-hydrogen) atoms. The van der Waals surface area contributed by atoms with E-state index in [0.29, 0.717) is 35.6 Å². The van der Waals surface area contributed by atoms with Crippen molar-refractivity contribution >= 4 is 17.4 Å². The summed E-state index contributed by atoms with van der Waals surface area (Å²) in [6, 6.07) is 10.1. The third-order valence-electron chi connectivity index (χ3n) is 6.89. The van der Waals surface area contributed by atoms with Crippen molar-refractivity contribution in [2.45, 2.75) is 44.9 Å². The highest BCUT2D eigenvalue weighted by atomic mass is 16.6. The summed E-state index contributed by atoms with van der Waals surface area (Å²) >= 11 is 0. The second-order valence-corrected chi connectivity index (χ2v) is 9.24. The first-order valence-electron chi connectivity index (χ1n) is 12.3. The number of methoxy groups -OCH3 is 2. The van der Waals surface area contributed by atoms with Gasteiger partial charge in [0.05, 0.1) is 31.3 Å². The lowest BCUT2D eigenvalue weighted by atomic mass is 9.71. The van der Waals surface area contributed by atoms with Gasteiger partial charge in [0.1, 0.15) is 5.75 Å². The van der Waals surface area contributed by atoms with Crippen molar-refractivity contribution in [1.82, 2.24) is 5.32 Å². The summed E-state index contributed by atoms with van der Waals surface area (Å²) in [4.78, 5) is 38.1. The molecule has 0 saturated heterocycles. The number of nitrogens with zero attached hydrogens (tertiary/aromatic N) is 1. The molecule has 0 amide bonds. The number of nitrogens with one attached hydrogen (secondary N) is 1. The Kier molecular flexibility index (Phi) is 7.70. The number of nitro groups is 1. The van der Waals surface area contributed by atoms with E-state index in [1.54, 1.807) is 14.0 Å². The Morgan fingerprint density at radius 3 is 2.53 bits per heavy atom. The zero-order valence-corrected chi connectivity index (χ0v) is 21.7. The molecule has 0 saturated carbocycles. The van der Waals surface area contributed by atoms with Crippen LogP contribution in [-0.2, 0) is 14.3 Å². The minimum atomic E-state index is -0.949. The summed E-state index contributed by atoms with van der Waals surface area (Å²) in [6.07, 6.45) is 1.22. The normalized spacial score (nSPS) is 19.0. The van der Waals surface area contributed by atoms with Gasteiger partial charge in [-0.3, -0.25) is 14.9 Å². The zero-order chi connectivity index (χ0) is 27.6. The number of para-hydroxylation sites is 1. The van der Waals surface area contributed by atoms with E-state index in [2.05, 4.69) is 5.32 Å². The first kappa shape index (κ1) is 26.7. The highest BCUT2D eigenvalue weighted by Crippen LogP contribution is 2.49. The number of carbonyl (C=O) groups excluding carboxylic acids is 2. The molecule has 0 radical (unpaired) electrons. The summed E-state index contributed by atoms with van der Waals surface area (Å²) in [7, 11) is 2.85. The Balaban J connectivity index is 1.89. The Morgan fingerprint density at radius 2 is 1.87 bits per heavy atom. The molecule has 0 aromatic heterocycles. The van der Waals surface area contributed by atoms with Crippen LogP contribution in [0.2, 0.25) is 0 Å². The fraction of sp³-hybridized carbons (Fsp3) is 0.357. The molecule has 200 valence electrons. The maximum Gasteiger partial charge on any atom is 0.336 e. The van der Waals surface area contributed by atoms with Gasteiger partial charge in [-0.25, -0.2) is 4.79 Å². The molecule has 2 aromatic carbocycles. The third kappa shape index (κ3) is 4.81. The number of phenols is 1. The van der Waals surface area contributed by atoms with Crippen molar-refractivity contribution in [3.8, 4) is 17.2 Å². The molecule has 10 nitrogen and oxygen atoms in total. The summed E-state index contributed by atoms with van der Waals surface area (Å²) in [6.45, 7) is 3.75. The second kappa shape index (κ2) is 11.0. The number of aromatic hydroxyl groups is 1. The number of dihydropyridines is 1. The number of ketones is 1. The predicted molar refractivity (Wildman–Crippen MR) is 138 cm³/mol. The minimum absolute atomic E-state index is 0.135. The van der Waals surface area contributed by atoms with Crippen molar-refractivity contribution in [2.75, 3.05) is 20.8 Å². The van der Waals surface area contributed by atoms with E-state index >= 15 is 0 Å². The SMILES string of the molecule is CCCOC(=O)C1=C(C)NC2=C(C(=O)C[C@@H](c3ccccc3OC)C2)[C@H]1c1cc(OC)c(O)c([N+](=O)[O-])c1. The summed E-state index contributed by atoms with van der Waals surface area (Å²) in [5.74, 6) is -2.04. The van der Waals surface area contributed by atoms with E-state index in [1.165, 1.54) is 19.2 Å². The number of hydrogen-bond acceptors (Lipinski definition) is 9. The average Bonchev–Trinajstić information content (AvgIpc) is 2.90. The summed E-state index contributed by atoms with van der Waals surface area (Å²) < 4.78 is 16.2. The van der Waals surface area contributed by atoms with Crippen LogP contribution in [0.15, 0.2) is 58.9 Å². The monoisotopic (exact) mass is 522 g/mol. The van der Waals surface area contributed by atoms with Gasteiger partial charge in [-0.1, -0.05) is 25.1 Å². The summed E-state index contributed by atoms with van der Waals surface area (Å²) in [5, 5.41) is 25.3. The quantitative estimate of drug-likeness (QED) is 0.289. The molecule has 2 N–H and O–H groups in total. The maximum atomic E-state index is 13.8. The number of phenolic OH excluding ortho intramolecular Hbond substituents is 1. The van der Waals surface area contributed by atoms with Crippen LogP contribution in [0.1, 0.15) is 56.1 Å². The molecular weight excluding hydrogens is 492 g/mol. The van der Waals surface area contributed by atoms with Crippen molar-refractivity contribution in [3.05, 3.63) is 80.2 Å². The number of esters is 1. The van der Waals surface area contributed by atoms with Crippen LogP contribution < -0.4 is 14.8 Å². The molecule has 4 rings (SSSR count). The van der Waals surface area contributed by atoms with E-state index < -0.39 is 28.2 Å². The van der Waals surface area contributed by atoms with Gasteiger partial charge in [-0.05, 0) is 43.0 Å². The van der Waals surface area contributed by atoms with Crippen LogP contribution in [0.25, 0.3) is 0 Å². The van der Waals surface area contributed by atoms with Crippen molar-refractivity contribution in [2.24, 2.45) is 0 Å². The lowest BCUT2D eigenvalue weighted by Crippen LogP contribution is -2.36. The van der Waals surface area contributed by atoms with Gasteiger partial charge in [0.15, 0.2) is 11.5 Å². The number of rotatable bonds is 8. The average molecular weight is 523 g/mol.